The molecule has 0 N–H and O–H groups in total. The van der Waals surface area contributed by atoms with Gasteiger partial charge in [-0.05, 0) is 34.7 Å². The monoisotopic (exact) mass is 341 g/mol. The van der Waals surface area contributed by atoms with E-state index in [0.29, 0.717) is 0 Å². The molecule has 4 nitrogen and oxygen atoms in total. The van der Waals surface area contributed by atoms with Gasteiger partial charge >= 0.3 is 6.01 Å². The van der Waals surface area contributed by atoms with Gasteiger partial charge in [0, 0.05) is 22.0 Å². The van der Waals surface area contributed by atoms with Crippen LogP contribution in [0.2, 0.25) is 0 Å². The van der Waals surface area contributed by atoms with Crippen LogP contribution in [-0.2, 0) is 0 Å². The Labute approximate surface area is 110 Å². The van der Waals surface area contributed by atoms with Crippen molar-refractivity contribution in [2.24, 2.45) is 0 Å². The van der Waals surface area contributed by atoms with Crippen LogP contribution in [0, 0.1) is 20.7 Å². The highest BCUT2D eigenvalue weighted by molar-refractivity contribution is 14.1. The van der Waals surface area contributed by atoms with E-state index in [2.05, 4.69) is 32.6 Å². The van der Waals surface area contributed by atoms with Crippen molar-refractivity contribution in [3.8, 4) is 17.8 Å². The molecule has 0 amide bonds. The van der Waals surface area contributed by atoms with Crippen LogP contribution in [0.15, 0.2) is 30.6 Å². The minimum atomic E-state index is -0.629. The maximum atomic E-state index is 13.3. The number of aromatic nitrogens is 2. The van der Waals surface area contributed by atoms with Gasteiger partial charge in [-0.15, -0.1) is 0 Å². The second-order valence-electron chi connectivity index (χ2n) is 3.04. The number of nitriles is 1. The molecule has 84 valence electrons. The van der Waals surface area contributed by atoms with E-state index in [-0.39, 0.29) is 17.3 Å². The molecule has 2 aromatic rings. The van der Waals surface area contributed by atoms with E-state index in [0.717, 1.165) is 9.64 Å². The molecular weight excluding hydrogens is 336 g/mol. The van der Waals surface area contributed by atoms with Crippen molar-refractivity contribution in [1.82, 2.24) is 9.97 Å². The van der Waals surface area contributed by atoms with Crippen LogP contribution in [0.3, 0.4) is 0 Å². The van der Waals surface area contributed by atoms with Crippen molar-refractivity contribution in [2.75, 3.05) is 0 Å². The second kappa shape index (κ2) is 5.05. The summed E-state index contributed by atoms with van der Waals surface area (Å²) in [5.41, 5.74) is -0.0270. The summed E-state index contributed by atoms with van der Waals surface area (Å²) in [5.74, 6) is -0.377. The van der Waals surface area contributed by atoms with Gasteiger partial charge in [0.25, 0.3) is 0 Å². The van der Waals surface area contributed by atoms with Crippen molar-refractivity contribution < 1.29 is 9.13 Å². The van der Waals surface area contributed by atoms with Gasteiger partial charge < -0.3 is 4.74 Å². The van der Waals surface area contributed by atoms with E-state index in [9.17, 15) is 4.39 Å². The molecular formula is C11H5FIN3O. The van der Waals surface area contributed by atoms with Gasteiger partial charge in [-0.1, -0.05) is 0 Å². The van der Waals surface area contributed by atoms with Gasteiger partial charge in [-0.25, -0.2) is 14.4 Å². The van der Waals surface area contributed by atoms with Crippen molar-refractivity contribution >= 4 is 22.6 Å². The fourth-order valence-corrected chi connectivity index (χ4v) is 1.39. The van der Waals surface area contributed by atoms with Crippen LogP contribution in [0.5, 0.6) is 11.8 Å². The number of hydrogen-bond donors (Lipinski definition) is 0. The molecule has 0 aliphatic heterocycles. The van der Waals surface area contributed by atoms with Crippen LogP contribution in [-0.4, -0.2) is 9.97 Å². The van der Waals surface area contributed by atoms with Crippen LogP contribution in [0.25, 0.3) is 0 Å². The van der Waals surface area contributed by atoms with Crippen molar-refractivity contribution in [2.45, 2.75) is 0 Å². The molecule has 0 saturated carbocycles. The molecule has 0 radical (unpaired) electrons. The van der Waals surface area contributed by atoms with Crippen LogP contribution in [0.1, 0.15) is 5.56 Å². The summed E-state index contributed by atoms with van der Waals surface area (Å²) in [4.78, 5) is 7.84. The molecule has 6 heteroatoms. The molecule has 0 aliphatic carbocycles. The number of halogens is 2. The number of hydrogen-bond acceptors (Lipinski definition) is 4. The first kappa shape index (κ1) is 11.7. The Kier molecular flexibility index (Phi) is 3.49. The number of ether oxygens (including phenoxy) is 1. The van der Waals surface area contributed by atoms with Gasteiger partial charge in [0.05, 0.1) is 5.56 Å². The van der Waals surface area contributed by atoms with Crippen molar-refractivity contribution in [1.29, 1.82) is 5.26 Å². The second-order valence-corrected chi connectivity index (χ2v) is 4.29. The fourth-order valence-electron chi connectivity index (χ4n) is 1.11. The third-order valence-electron chi connectivity index (χ3n) is 1.87. The molecule has 0 atom stereocenters. The fraction of sp³-hybridized carbons (Fsp3) is 0. The molecule has 1 aromatic carbocycles. The maximum Gasteiger partial charge on any atom is 0.321 e. The highest BCUT2D eigenvalue weighted by Gasteiger charge is 2.05. The van der Waals surface area contributed by atoms with Crippen molar-refractivity contribution in [3.05, 3.63) is 45.5 Å². The molecule has 0 unspecified atom stereocenters. The van der Waals surface area contributed by atoms with Crippen LogP contribution in [0.4, 0.5) is 4.39 Å². The lowest BCUT2D eigenvalue weighted by Crippen LogP contribution is -1.93. The maximum absolute atomic E-state index is 13.3. The van der Waals surface area contributed by atoms with Gasteiger partial charge in [-0.2, -0.15) is 5.26 Å². The smallest absolute Gasteiger partial charge is 0.321 e. The average molecular weight is 341 g/mol. The van der Waals surface area contributed by atoms with E-state index >= 15 is 0 Å². The van der Waals surface area contributed by atoms with Gasteiger partial charge in [0.15, 0.2) is 0 Å². The largest absolute Gasteiger partial charge is 0.424 e. The molecule has 0 saturated heterocycles. The Balaban J connectivity index is 2.22. The van der Waals surface area contributed by atoms with E-state index in [4.69, 9.17) is 10.00 Å². The highest BCUT2D eigenvalue weighted by atomic mass is 127. The Morgan fingerprint density at radius 1 is 1.29 bits per heavy atom. The summed E-state index contributed by atoms with van der Waals surface area (Å²) < 4.78 is 19.4. The molecule has 2 rings (SSSR count). The molecule has 1 aromatic heterocycles. The predicted molar refractivity (Wildman–Crippen MR) is 65.9 cm³/mol. The molecule has 17 heavy (non-hydrogen) atoms. The van der Waals surface area contributed by atoms with Gasteiger partial charge in [0.1, 0.15) is 17.6 Å². The Morgan fingerprint density at radius 2 is 2.00 bits per heavy atom. The van der Waals surface area contributed by atoms with E-state index < -0.39 is 5.82 Å². The minimum absolute atomic E-state index is 0.0270. The summed E-state index contributed by atoms with van der Waals surface area (Å²) >= 11 is 2.07. The SMILES string of the molecule is N#Cc1ccc(Oc2ncc(I)cn2)cc1F. The summed E-state index contributed by atoms with van der Waals surface area (Å²) in [6, 6.07) is 5.82. The number of rotatable bonds is 2. The quantitative estimate of drug-likeness (QED) is 0.789. The topological polar surface area (TPSA) is 58.8 Å². The van der Waals surface area contributed by atoms with Gasteiger partial charge in [-0.3, -0.25) is 0 Å². The van der Waals surface area contributed by atoms with E-state index in [1.807, 2.05) is 0 Å². The first-order valence-electron chi connectivity index (χ1n) is 4.54. The van der Waals surface area contributed by atoms with Gasteiger partial charge in [0.2, 0.25) is 0 Å². The highest BCUT2D eigenvalue weighted by Crippen LogP contribution is 2.20. The first-order valence-corrected chi connectivity index (χ1v) is 5.62. The summed E-state index contributed by atoms with van der Waals surface area (Å²) in [6.45, 7) is 0. The standard InChI is InChI=1S/C11H5FIN3O/c12-10-3-9(2-1-7(10)4-14)17-11-15-5-8(13)6-16-11/h1-3,5-6H. The Morgan fingerprint density at radius 3 is 2.59 bits per heavy atom. The third kappa shape index (κ3) is 2.88. The Bertz CT molecular complexity index is 580. The molecule has 1 heterocycles. The summed E-state index contributed by atoms with van der Waals surface area (Å²) in [6.07, 6.45) is 3.17. The summed E-state index contributed by atoms with van der Waals surface area (Å²) in [7, 11) is 0. The van der Waals surface area contributed by atoms with E-state index in [1.54, 1.807) is 18.5 Å². The number of nitrogens with zero attached hydrogens (tertiary/aromatic N) is 3. The van der Waals surface area contributed by atoms with Crippen LogP contribution >= 0.6 is 22.6 Å². The average Bonchev–Trinajstić information content (AvgIpc) is 2.32. The third-order valence-corrected chi connectivity index (χ3v) is 2.42. The normalized spacial score (nSPS) is 9.71. The Hall–Kier alpha value is -1.75. The molecule has 0 bridgehead atoms. The molecule has 0 fully saturated rings. The minimum Gasteiger partial charge on any atom is -0.424 e. The van der Waals surface area contributed by atoms with Crippen molar-refractivity contribution in [3.63, 3.8) is 0 Å². The zero-order valence-electron chi connectivity index (χ0n) is 8.39. The number of benzene rings is 1. The lowest BCUT2D eigenvalue weighted by Gasteiger charge is -2.03. The molecule has 0 aliphatic rings. The van der Waals surface area contributed by atoms with Crippen LogP contribution < -0.4 is 4.74 Å². The predicted octanol–water partition coefficient (Wildman–Crippen LogP) is 2.88. The first-order chi connectivity index (χ1) is 8.19. The zero-order chi connectivity index (χ0) is 12.3. The molecule has 0 spiro atoms. The van der Waals surface area contributed by atoms with E-state index in [1.165, 1.54) is 12.1 Å². The summed E-state index contributed by atoms with van der Waals surface area (Å²) in [5, 5.41) is 8.57. The zero-order valence-corrected chi connectivity index (χ0v) is 10.6. The lowest BCUT2D eigenvalue weighted by atomic mass is 10.2. The lowest BCUT2D eigenvalue weighted by molar-refractivity contribution is 0.437.